The molecule has 1 aromatic rings. The van der Waals surface area contributed by atoms with Crippen LogP contribution in [0.4, 0.5) is 0 Å². The molecular weight excluding hydrogens is 409 g/mol. The number of ether oxygens (including phenoxy) is 2. The van der Waals surface area contributed by atoms with Crippen molar-refractivity contribution >= 4 is 34.5 Å². The third-order valence-electron chi connectivity index (χ3n) is 3.60. The summed E-state index contributed by atoms with van der Waals surface area (Å²) in [6, 6.07) is 7.56. The number of benzene rings is 1. The van der Waals surface area contributed by atoms with E-state index in [0.717, 1.165) is 16.4 Å². The molecule has 1 aliphatic carbocycles. The van der Waals surface area contributed by atoms with E-state index in [2.05, 4.69) is 22.6 Å². The van der Waals surface area contributed by atoms with E-state index in [4.69, 9.17) is 9.47 Å². The zero-order valence-corrected chi connectivity index (χ0v) is 15.5. The SMILES string of the molecule is CCOC(=O)CCN(CC1CC1)C(=O)COc1ccc(I)cc1. The first-order valence-corrected chi connectivity index (χ1v) is 8.98. The Balaban J connectivity index is 1.82. The summed E-state index contributed by atoms with van der Waals surface area (Å²) < 4.78 is 11.6. The largest absolute Gasteiger partial charge is 0.484 e. The molecule has 2 rings (SSSR count). The van der Waals surface area contributed by atoms with Crippen LogP contribution < -0.4 is 4.74 Å². The van der Waals surface area contributed by atoms with Crippen LogP contribution in [0.15, 0.2) is 24.3 Å². The van der Waals surface area contributed by atoms with Crippen molar-refractivity contribution in [2.45, 2.75) is 26.2 Å². The molecular formula is C17H22INO4. The minimum absolute atomic E-state index is 0.00383. The number of carbonyl (C=O) groups excluding carboxylic acids is 2. The lowest BCUT2D eigenvalue weighted by Crippen LogP contribution is -2.38. The molecule has 0 unspecified atom stereocenters. The summed E-state index contributed by atoms with van der Waals surface area (Å²) in [5.41, 5.74) is 0. The van der Waals surface area contributed by atoms with Crippen molar-refractivity contribution in [1.29, 1.82) is 0 Å². The van der Waals surface area contributed by atoms with Gasteiger partial charge in [-0.25, -0.2) is 0 Å². The predicted molar refractivity (Wildman–Crippen MR) is 95.2 cm³/mol. The second-order valence-electron chi connectivity index (χ2n) is 5.58. The standard InChI is InChI=1S/C17H22INO4/c1-2-22-17(21)9-10-19(11-13-3-4-13)16(20)12-23-15-7-5-14(18)6-8-15/h5-8,13H,2-4,9-12H2,1H3. The Bertz CT molecular complexity index is 528. The van der Waals surface area contributed by atoms with Crippen LogP contribution >= 0.6 is 22.6 Å². The van der Waals surface area contributed by atoms with E-state index >= 15 is 0 Å². The molecule has 0 bridgehead atoms. The topological polar surface area (TPSA) is 55.8 Å². The first-order chi connectivity index (χ1) is 11.1. The van der Waals surface area contributed by atoms with Crippen molar-refractivity contribution in [2.75, 3.05) is 26.3 Å². The van der Waals surface area contributed by atoms with Crippen LogP contribution in [0.1, 0.15) is 26.2 Å². The minimum atomic E-state index is -0.264. The first kappa shape index (κ1) is 18.0. The number of esters is 1. The van der Waals surface area contributed by atoms with E-state index in [1.165, 1.54) is 0 Å². The van der Waals surface area contributed by atoms with Crippen LogP contribution in [0.5, 0.6) is 5.75 Å². The molecule has 0 aliphatic heterocycles. The second-order valence-corrected chi connectivity index (χ2v) is 6.83. The zero-order chi connectivity index (χ0) is 16.7. The van der Waals surface area contributed by atoms with Crippen LogP contribution in [0.2, 0.25) is 0 Å². The van der Waals surface area contributed by atoms with Gasteiger partial charge in [0.05, 0.1) is 13.0 Å². The average Bonchev–Trinajstić information content (AvgIpc) is 3.35. The molecule has 1 fully saturated rings. The van der Waals surface area contributed by atoms with E-state index in [0.29, 0.717) is 31.4 Å². The maximum Gasteiger partial charge on any atom is 0.307 e. The zero-order valence-electron chi connectivity index (χ0n) is 13.3. The number of halogens is 1. The molecule has 23 heavy (non-hydrogen) atoms. The van der Waals surface area contributed by atoms with Gasteiger partial charge in [0.25, 0.3) is 5.91 Å². The van der Waals surface area contributed by atoms with Crippen molar-refractivity contribution < 1.29 is 19.1 Å². The summed E-state index contributed by atoms with van der Waals surface area (Å²) in [5.74, 6) is 0.898. The van der Waals surface area contributed by atoms with E-state index in [1.54, 1.807) is 11.8 Å². The molecule has 0 aromatic heterocycles. The predicted octanol–water partition coefficient (Wildman–Crippen LogP) is 2.86. The van der Waals surface area contributed by atoms with Gasteiger partial charge in [0.15, 0.2) is 6.61 Å². The third-order valence-corrected chi connectivity index (χ3v) is 4.31. The van der Waals surface area contributed by atoms with Crippen LogP contribution in [0.3, 0.4) is 0 Å². The lowest BCUT2D eigenvalue weighted by atomic mass is 10.3. The molecule has 1 aromatic carbocycles. The maximum atomic E-state index is 12.4. The Kier molecular flexibility index (Phi) is 7.14. The smallest absolute Gasteiger partial charge is 0.307 e. The van der Waals surface area contributed by atoms with Gasteiger partial charge < -0.3 is 14.4 Å². The number of amides is 1. The number of hydrogen-bond acceptors (Lipinski definition) is 4. The fraction of sp³-hybridized carbons (Fsp3) is 0.529. The van der Waals surface area contributed by atoms with Crippen LogP contribution in [-0.4, -0.2) is 43.1 Å². The summed E-state index contributed by atoms with van der Waals surface area (Å²) in [6.07, 6.45) is 2.54. The van der Waals surface area contributed by atoms with Gasteiger partial charge in [0.2, 0.25) is 0 Å². The summed E-state index contributed by atoms with van der Waals surface area (Å²) in [7, 11) is 0. The third kappa shape index (κ3) is 6.76. The normalized spacial score (nSPS) is 13.5. The molecule has 0 saturated heterocycles. The molecule has 5 nitrogen and oxygen atoms in total. The van der Waals surface area contributed by atoms with E-state index in [9.17, 15) is 9.59 Å². The van der Waals surface area contributed by atoms with Crippen molar-refractivity contribution in [3.63, 3.8) is 0 Å². The Morgan fingerprint density at radius 1 is 1.26 bits per heavy atom. The average molecular weight is 431 g/mol. The van der Waals surface area contributed by atoms with Crippen LogP contribution in [-0.2, 0) is 14.3 Å². The second kappa shape index (κ2) is 9.10. The Labute approximate surface area is 150 Å². The van der Waals surface area contributed by atoms with Crippen molar-refractivity contribution in [2.24, 2.45) is 5.92 Å². The highest BCUT2D eigenvalue weighted by Gasteiger charge is 2.27. The Morgan fingerprint density at radius 3 is 2.57 bits per heavy atom. The van der Waals surface area contributed by atoms with Gasteiger partial charge in [0.1, 0.15) is 5.75 Å². The summed E-state index contributed by atoms with van der Waals surface area (Å²) in [6.45, 7) is 3.24. The van der Waals surface area contributed by atoms with Gasteiger partial charge in [-0.2, -0.15) is 0 Å². The maximum absolute atomic E-state index is 12.4. The van der Waals surface area contributed by atoms with E-state index in [-0.39, 0.29) is 24.9 Å². The molecule has 0 spiro atoms. The summed E-state index contributed by atoms with van der Waals surface area (Å²) >= 11 is 2.22. The molecule has 1 saturated carbocycles. The lowest BCUT2D eigenvalue weighted by molar-refractivity contribution is -0.144. The van der Waals surface area contributed by atoms with Crippen molar-refractivity contribution in [3.05, 3.63) is 27.8 Å². The molecule has 1 aliphatic rings. The van der Waals surface area contributed by atoms with Gasteiger partial charge in [0, 0.05) is 16.7 Å². The fourth-order valence-corrected chi connectivity index (χ4v) is 2.52. The number of rotatable bonds is 9. The van der Waals surface area contributed by atoms with Gasteiger partial charge in [-0.05, 0) is 72.5 Å². The van der Waals surface area contributed by atoms with Crippen molar-refractivity contribution in [3.8, 4) is 5.75 Å². The Morgan fingerprint density at radius 2 is 1.96 bits per heavy atom. The number of hydrogen-bond donors (Lipinski definition) is 0. The van der Waals surface area contributed by atoms with E-state index in [1.807, 2.05) is 24.3 Å². The summed E-state index contributed by atoms with van der Waals surface area (Å²) in [5, 5.41) is 0. The van der Waals surface area contributed by atoms with Gasteiger partial charge in [-0.15, -0.1) is 0 Å². The molecule has 1 amide bonds. The number of carbonyl (C=O) groups is 2. The quantitative estimate of drug-likeness (QED) is 0.446. The molecule has 0 radical (unpaired) electrons. The fourth-order valence-electron chi connectivity index (χ4n) is 2.16. The van der Waals surface area contributed by atoms with Gasteiger partial charge in [-0.1, -0.05) is 0 Å². The van der Waals surface area contributed by atoms with Gasteiger partial charge in [-0.3, -0.25) is 9.59 Å². The molecule has 0 N–H and O–H groups in total. The molecule has 0 atom stereocenters. The molecule has 126 valence electrons. The first-order valence-electron chi connectivity index (χ1n) is 7.90. The van der Waals surface area contributed by atoms with Crippen molar-refractivity contribution in [1.82, 2.24) is 4.90 Å². The van der Waals surface area contributed by atoms with E-state index < -0.39 is 0 Å². The molecule has 6 heteroatoms. The summed E-state index contributed by atoms with van der Waals surface area (Å²) in [4.78, 5) is 25.6. The monoisotopic (exact) mass is 431 g/mol. The highest BCUT2D eigenvalue weighted by molar-refractivity contribution is 14.1. The minimum Gasteiger partial charge on any atom is -0.484 e. The highest BCUT2D eigenvalue weighted by atomic mass is 127. The molecule has 0 heterocycles. The van der Waals surface area contributed by atoms with Crippen LogP contribution in [0.25, 0.3) is 0 Å². The lowest BCUT2D eigenvalue weighted by Gasteiger charge is -2.22. The van der Waals surface area contributed by atoms with Crippen LogP contribution in [0, 0.1) is 9.49 Å². The Hall–Kier alpha value is -1.31. The van der Waals surface area contributed by atoms with Gasteiger partial charge >= 0.3 is 5.97 Å². The highest BCUT2D eigenvalue weighted by Crippen LogP contribution is 2.29. The number of nitrogens with zero attached hydrogens (tertiary/aromatic N) is 1.